The van der Waals surface area contributed by atoms with Crippen LogP contribution in [0.1, 0.15) is 27.2 Å². The van der Waals surface area contributed by atoms with Crippen molar-refractivity contribution in [2.45, 2.75) is 29.8 Å². The molecule has 17 heavy (non-hydrogen) atoms. The normalized spacial score (nSPS) is 8.76. The maximum absolute atomic E-state index is 10.3. The van der Waals surface area contributed by atoms with Gasteiger partial charge in [0.25, 0.3) is 0 Å². The van der Waals surface area contributed by atoms with Gasteiger partial charge >= 0.3 is 0 Å². The van der Waals surface area contributed by atoms with Crippen LogP contribution in [0.15, 0.2) is 12.8 Å². The molecule has 0 saturated heterocycles. The summed E-state index contributed by atoms with van der Waals surface area (Å²) in [5.74, 6) is 1.35. The van der Waals surface area contributed by atoms with Crippen molar-refractivity contribution in [1.29, 1.82) is 0 Å². The zero-order chi connectivity index (χ0) is 14.3. The van der Waals surface area contributed by atoms with E-state index in [4.69, 9.17) is 11.6 Å². The second-order valence-electron chi connectivity index (χ2n) is 3.27. The first kappa shape index (κ1) is 23.1. The second-order valence-corrected chi connectivity index (χ2v) is 10.1. The van der Waals surface area contributed by atoms with Crippen LogP contribution >= 0.6 is 59.4 Å². The van der Waals surface area contributed by atoms with Gasteiger partial charge in [-0.15, -0.1) is 11.6 Å². The molecule has 0 aliphatic carbocycles. The van der Waals surface area contributed by atoms with Gasteiger partial charge in [0.05, 0.1) is 12.1 Å². The summed E-state index contributed by atoms with van der Waals surface area (Å²) < 4.78 is 4.89. The van der Waals surface area contributed by atoms with Gasteiger partial charge in [-0.05, 0) is 12.8 Å². The predicted octanol–water partition coefficient (Wildman–Crippen LogP) is 5.46. The SMILES string of the molecule is BrC(Br)Br.C=COCCCl.CC(=O)CC(C)C. The van der Waals surface area contributed by atoms with Gasteiger partial charge in [0.15, 0.2) is 0 Å². The number of hydrogen-bond donors (Lipinski definition) is 0. The molecule has 104 valence electrons. The van der Waals surface area contributed by atoms with Crippen LogP contribution in [0.5, 0.6) is 0 Å². The van der Waals surface area contributed by atoms with Gasteiger partial charge in [-0.2, -0.15) is 0 Å². The Morgan fingerprint density at radius 2 is 1.82 bits per heavy atom. The number of carbonyl (C=O) groups excluding carboxylic acids is 1. The lowest BCUT2D eigenvalue weighted by atomic mass is 10.1. The Labute approximate surface area is 135 Å². The Bertz CT molecular complexity index is 173. The molecule has 0 aromatic rings. The lowest BCUT2D eigenvalue weighted by Gasteiger charge is -1.95. The molecule has 0 rings (SSSR count). The molecule has 0 atom stereocenters. The fourth-order valence-electron chi connectivity index (χ4n) is 0.703. The highest BCUT2D eigenvalue weighted by atomic mass is 80.0. The number of ketones is 1. The van der Waals surface area contributed by atoms with Crippen LogP contribution in [0.25, 0.3) is 0 Å². The van der Waals surface area contributed by atoms with E-state index in [0.29, 0.717) is 18.4 Å². The Balaban J connectivity index is -0.000000180. The molecule has 6 heteroatoms. The highest BCUT2D eigenvalue weighted by Gasteiger charge is 1.95. The fraction of sp³-hybridized carbons (Fsp3) is 0.727. The monoisotopic (exact) mass is 456 g/mol. The molecule has 0 aliphatic heterocycles. The maximum atomic E-state index is 10.3. The Hall–Kier alpha value is 0.940. The van der Waals surface area contributed by atoms with Gasteiger partial charge in [0.1, 0.15) is 15.0 Å². The molecule has 0 radical (unpaired) electrons. The first-order valence-corrected chi connectivity index (χ1v) is 8.26. The fourth-order valence-corrected chi connectivity index (χ4v) is 0.792. The molecule has 0 aliphatic rings. The summed E-state index contributed by atoms with van der Waals surface area (Å²) in [4.78, 5) is 10.3. The van der Waals surface area contributed by atoms with Crippen LogP contribution in [0, 0.1) is 5.92 Å². The van der Waals surface area contributed by atoms with Gasteiger partial charge in [-0.25, -0.2) is 0 Å². The molecular formula is C11H20Br3ClO2. The third-order valence-corrected chi connectivity index (χ3v) is 1.16. The second kappa shape index (κ2) is 19.3. The number of Topliss-reactive ketones (excluding diaryl/α,β-unsaturated/α-hetero) is 1. The van der Waals surface area contributed by atoms with Crippen molar-refractivity contribution in [3.05, 3.63) is 12.8 Å². The zero-order valence-electron chi connectivity index (χ0n) is 10.4. The summed E-state index contributed by atoms with van der Waals surface area (Å²) >= 11 is 14.5. The van der Waals surface area contributed by atoms with Gasteiger partial charge in [0.2, 0.25) is 0 Å². The van der Waals surface area contributed by atoms with Crippen molar-refractivity contribution in [3.8, 4) is 0 Å². The number of rotatable bonds is 5. The summed E-state index contributed by atoms with van der Waals surface area (Å²) in [7, 11) is 0. The van der Waals surface area contributed by atoms with E-state index in [1.54, 1.807) is 6.92 Å². The number of alkyl halides is 4. The van der Waals surface area contributed by atoms with E-state index in [0.717, 1.165) is 6.42 Å². The molecule has 0 aromatic heterocycles. The lowest BCUT2D eigenvalue weighted by molar-refractivity contribution is -0.117. The summed E-state index contributed by atoms with van der Waals surface area (Å²) in [5.41, 5.74) is 0. The van der Waals surface area contributed by atoms with Gasteiger partial charge in [-0.1, -0.05) is 68.2 Å². The van der Waals surface area contributed by atoms with E-state index in [2.05, 4.69) is 59.1 Å². The van der Waals surface area contributed by atoms with Crippen molar-refractivity contribution in [1.82, 2.24) is 0 Å². The van der Waals surface area contributed by atoms with Gasteiger partial charge < -0.3 is 9.53 Å². The number of hydrogen-bond acceptors (Lipinski definition) is 2. The van der Waals surface area contributed by atoms with Crippen LogP contribution in [-0.2, 0) is 9.53 Å². The molecular weight excluding hydrogens is 439 g/mol. The summed E-state index contributed by atoms with van der Waals surface area (Å²) in [5, 5.41) is 0. The van der Waals surface area contributed by atoms with E-state index in [1.165, 1.54) is 6.26 Å². The summed E-state index contributed by atoms with van der Waals surface area (Å²) in [6, 6.07) is 0. The maximum Gasteiger partial charge on any atom is 0.130 e. The van der Waals surface area contributed by atoms with Crippen molar-refractivity contribution < 1.29 is 9.53 Å². The van der Waals surface area contributed by atoms with Crippen molar-refractivity contribution in [2.75, 3.05) is 12.5 Å². The first-order valence-electron chi connectivity index (χ1n) is 4.98. The molecule has 2 nitrogen and oxygen atoms in total. The van der Waals surface area contributed by atoms with Crippen molar-refractivity contribution in [2.24, 2.45) is 5.92 Å². The molecule has 0 amide bonds. The lowest BCUT2D eigenvalue weighted by Crippen LogP contribution is -1.95. The molecule has 0 aromatic carbocycles. The third-order valence-electron chi connectivity index (χ3n) is 1.01. The summed E-state index contributed by atoms with van der Waals surface area (Å²) in [6.45, 7) is 9.59. The van der Waals surface area contributed by atoms with E-state index >= 15 is 0 Å². The van der Waals surface area contributed by atoms with Gasteiger partial charge in [-0.3, -0.25) is 0 Å². The molecule has 0 unspecified atom stereocenters. The molecule has 0 N–H and O–H groups in total. The minimum atomic E-state index is 0.271. The van der Waals surface area contributed by atoms with Crippen LogP contribution < -0.4 is 0 Å². The molecule has 0 bridgehead atoms. The van der Waals surface area contributed by atoms with Crippen molar-refractivity contribution >= 4 is 65.2 Å². The number of carbonyl (C=O) groups is 1. The minimum Gasteiger partial charge on any atom is -0.501 e. The average Bonchev–Trinajstić information content (AvgIpc) is 2.12. The van der Waals surface area contributed by atoms with Gasteiger partial charge in [0, 0.05) is 6.42 Å². The van der Waals surface area contributed by atoms with Crippen LogP contribution in [0.2, 0.25) is 0 Å². The van der Waals surface area contributed by atoms with E-state index in [1.807, 2.05) is 13.8 Å². The smallest absolute Gasteiger partial charge is 0.130 e. The number of ether oxygens (including phenoxy) is 1. The van der Waals surface area contributed by atoms with Crippen LogP contribution in [-0.4, -0.2) is 20.9 Å². The zero-order valence-corrected chi connectivity index (χ0v) is 15.9. The Kier molecular flexibility index (Phi) is 26.2. The quantitative estimate of drug-likeness (QED) is 0.310. The molecule has 0 saturated carbocycles. The topological polar surface area (TPSA) is 26.3 Å². The predicted molar refractivity (Wildman–Crippen MR) is 87.6 cm³/mol. The Morgan fingerprint density at radius 1 is 1.41 bits per heavy atom. The highest BCUT2D eigenvalue weighted by molar-refractivity contribution is 9.38. The van der Waals surface area contributed by atoms with Crippen LogP contribution in [0.4, 0.5) is 0 Å². The van der Waals surface area contributed by atoms with Crippen molar-refractivity contribution in [3.63, 3.8) is 0 Å². The molecule has 0 fully saturated rings. The van der Waals surface area contributed by atoms with E-state index in [-0.39, 0.29) is 8.43 Å². The first-order chi connectivity index (χ1) is 7.77. The molecule has 0 spiro atoms. The average molecular weight is 459 g/mol. The largest absolute Gasteiger partial charge is 0.501 e. The summed E-state index contributed by atoms with van der Waals surface area (Å²) in [6.07, 6.45) is 2.10. The van der Waals surface area contributed by atoms with E-state index < -0.39 is 0 Å². The highest BCUT2D eigenvalue weighted by Crippen LogP contribution is 2.13. The third kappa shape index (κ3) is 60.0. The Morgan fingerprint density at radius 3 is 1.88 bits per heavy atom. The molecule has 0 heterocycles. The number of halogens is 4. The van der Waals surface area contributed by atoms with Crippen LogP contribution in [0.3, 0.4) is 0 Å². The minimum absolute atomic E-state index is 0.271. The standard InChI is InChI=1S/C6H12O.C4H7ClO.CHBr3/c1-5(2)4-6(3)7;1-2-6-4-3-5;2-1(3)4/h5H,4H2,1-3H3;2H,1,3-4H2;1H. The van der Waals surface area contributed by atoms with E-state index in [9.17, 15) is 4.79 Å².